The maximum Gasteiger partial charge on any atom is 0.260 e. The highest BCUT2D eigenvalue weighted by Crippen LogP contribution is 2.28. The van der Waals surface area contributed by atoms with E-state index >= 15 is 0 Å². The van der Waals surface area contributed by atoms with Gasteiger partial charge >= 0.3 is 0 Å². The quantitative estimate of drug-likeness (QED) is 0.822. The summed E-state index contributed by atoms with van der Waals surface area (Å²) >= 11 is 12.0. The highest BCUT2D eigenvalue weighted by atomic mass is 35.5. The van der Waals surface area contributed by atoms with Crippen molar-refractivity contribution in [3.05, 3.63) is 64.1 Å². The smallest absolute Gasteiger partial charge is 0.260 e. The molecular formula is C18H17Cl2NO3. The van der Waals surface area contributed by atoms with Crippen LogP contribution in [-0.2, 0) is 9.53 Å². The first-order valence-corrected chi connectivity index (χ1v) is 8.41. The number of nitrogens with zero attached hydrogens (tertiary/aromatic N) is 1. The van der Waals surface area contributed by atoms with E-state index in [1.165, 1.54) is 0 Å². The van der Waals surface area contributed by atoms with Gasteiger partial charge < -0.3 is 14.4 Å². The van der Waals surface area contributed by atoms with Gasteiger partial charge in [-0.15, -0.1) is 0 Å². The van der Waals surface area contributed by atoms with Crippen molar-refractivity contribution >= 4 is 29.1 Å². The highest BCUT2D eigenvalue weighted by molar-refractivity contribution is 6.34. The SMILES string of the molecule is O=C(COc1cc(Cl)ccc1Cl)N1CCOC(c2ccccc2)C1. The van der Waals surface area contributed by atoms with Crippen LogP contribution in [0.2, 0.25) is 10.0 Å². The van der Waals surface area contributed by atoms with E-state index in [1.807, 2.05) is 30.3 Å². The first-order valence-electron chi connectivity index (χ1n) is 7.65. The fourth-order valence-corrected chi connectivity index (χ4v) is 2.90. The molecule has 0 bridgehead atoms. The second-order valence-corrected chi connectivity index (χ2v) is 6.32. The lowest BCUT2D eigenvalue weighted by Crippen LogP contribution is -2.44. The standard InChI is InChI=1S/C18H17Cl2NO3/c19-14-6-7-15(20)16(10-14)24-12-18(22)21-8-9-23-17(11-21)13-4-2-1-3-5-13/h1-7,10,17H,8-9,11-12H2. The summed E-state index contributed by atoms with van der Waals surface area (Å²) in [5.41, 5.74) is 1.06. The van der Waals surface area contributed by atoms with E-state index in [2.05, 4.69) is 0 Å². The molecule has 1 aliphatic heterocycles. The molecule has 0 saturated carbocycles. The Morgan fingerprint density at radius 1 is 1.21 bits per heavy atom. The molecule has 0 aliphatic carbocycles. The Labute approximate surface area is 150 Å². The largest absolute Gasteiger partial charge is 0.482 e. The molecule has 2 aromatic rings. The number of ether oxygens (including phenoxy) is 2. The Morgan fingerprint density at radius 3 is 2.79 bits per heavy atom. The Morgan fingerprint density at radius 2 is 2.00 bits per heavy atom. The van der Waals surface area contributed by atoms with Crippen LogP contribution in [-0.4, -0.2) is 37.1 Å². The number of hydrogen-bond acceptors (Lipinski definition) is 3. The summed E-state index contributed by atoms with van der Waals surface area (Å²) < 4.78 is 11.3. The van der Waals surface area contributed by atoms with Crippen molar-refractivity contribution in [1.29, 1.82) is 0 Å². The van der Waals surface area contributed by atoms with Gasteiger partial charge in [-0.2, -0.15) is 0 Å². The molecule has 3 rings (SSSR count). The lowest BCUT2D eigenvalue weighted by Gasteiger charge is -2.33. The van der Waals surface area contributed by atoms with Crippen molar-refractivity contribution in [2.75, 3.05) is 26.3 Å². The summed E-state index contributed by atoms with van der Waals surface area (Å²) in [5.74, 6) is 0.306. The lowest BCUT2D eigenvalue weighted by molar-refractivity contribution is -0.141. The van der Waals surface area contributed by atoms with E-state index in [1.54, 1.807) is 23.1 Å². The molecule has 1 fully saturated rings. The zero-order chi connectivity index (χ0) is 16.9. The molecule has 1 heterocycles. The predicted molar refractivity (Wildman–Crippen MR) is 93.7 cm³/mol. The van der Waals surface area contributed by atoms with Crippen LogP contribution in [0.15, 0.2) is 48.5 Å². The third-order valence-electron chi connectivity index (χ3n) is 3.83. The summed E-state index contributed by atoms with van der Waals surface area (Å²) in [7, 11) is 0. The zero-order valence-corrected chi connectivity index (χ0v) is 14.5. The molecule has 0 spiro atoms. The van der Waals surface area contributed by atoms with Crippen molar-refractivity contribution in [3.63, 3.8) is 0 Å². The number of carbonyl (C=O) groups is 1. The van der Waals surface area contributed by atoms with Gasteiger partial charge in [-0.3, -0.25) is 4.79 Å². The van der Waals surface area contributed by atoms with Crippen LogP contribution < -0.4 is 4.74 Å². The van der Waals surface area contributed by atoms with Gasteiger partial charge in [-0.1, -0.05) is 53.5 Å². The van der Waals surface area contributed by atoms with Crippen LogP contribution in [0, 0.1) is 0 Å². The molecule has 24 heavy (non-hydrogen) atoms. The van der Waals surface area contributed by atoms with Crippen molar-refractivity contribution in [3.8, 4) is 5.75 Å². The fourth-order valence-electron chi connectivity index (χ4n) is 2.56. The van der Waals surface area contributed by atoms with Gasteiger partial charge in [0.15, 0.2) is 6.61 Å². The lowest BCUT2D eigenvalue weighted by atomic mass is 10.1. The number of rotatable bonds is 4. The van der Waals surface area contributed by atoms with Gasteiger partial charge in [0.25, 0.3) is 5.91 Å². The minimum absolute atomic E-state index is 0.0818. The number of hydrogen-bond donors (Lipinski definition) is 0. The third kappa shape index (κ3) is 4.20. The number of carbonyl (C=O) groups excluding carboxylic acids is 1. The molecule has 1 unspecified atom stereocenters. The summed E-state index contributed by atoms with van der Waals surface area (Å²) in [5, 5.41) is 0.939. The number of halogens is 2. The molecular weight excluding hydrogens is 349 g/mol. The van der Waals surface area contributed by atoms with Gasteiger partial charge in [-0.05, 0) is 17.7 Å². The fraction of sp³-hybridized carbons (Fsp3) is 0.278. The molecule has 0 radical (unpaired) electrons. The normalized spacial score (nSPS) is 17.6. The Bertz CT molecular complexity index is 709. The molecule has 0 aromatic heterocycles. The summed E-state index contributed by atoms with van der Waals surface area (Å²) in [6.07, 6.45) is -0.112. The van der Waals surface area contributed by atoms with Crippen LogP contribution in [0.3, 0.4) is 0 Å². The Kier molecular flexibility index (Phi) is 5.61. The average molecular weight is 366 g/mol. The molecule has 126 valence electrons. The third-order valence-corrected chi connectivity index (χ3v) is 4.38. The van der Waals surface area contributed by atoms with E-state index in [9.17, 15) is 4.79 Å². The molecule has 1 aliphatic rings. The van der Waals surface area contributed by atoms with Crippen LogP contribution in [0.25, 0.3) is 0 Å². The van der Waals surface area contributed by atoms with Gasteiger partial charge in [0.1, 0.15) is 11.9 Å². The Hall–Kier alpha value is -1.75. The summed E-state index contributed by atoms with van der Waals surface area (Å²) in [4.78, 5) is 14.2. The van der Waals surface area contributed by atoms with E-state index in [-0.39, 0.29) is 18.6 Å². The van der Waals surface area contributed by atoms with E-state index in [0.717, 1.165) is 5.56 Å². The first-order chi connectivity index (χ1) is 11.6. The minimum atomic E-state index is -0.112. The van der Waals surface area contributed by atoms with Crippen molar-refractivity contribution < 1.29 is 14.3 Å². The van der Waals surface area contributed by atoms with Crippen LogP contribution in [0.1, 0.15) is 11.7 Å². The van der Waals surface area contributed by atoms with Crippen molar-refractivity contribution in [1.82, 2.24) is 4.90 Å². The number of amides is 1. The second kappa shape index (κ2) is 7.88. The van der Waals surface area contributed by atoms with E-state index in [4.69, 9.17) is 32.7 Å². The van der Waals surface area contributed by atoms with Crippen LogP contribution in [0.5, 0.6) is 5.75 Å². The summed E-state index contributed by atoms with van der Waals surface area (Å²) in [6, 6.07) is 14.8. The van der Waals surface area contributed by atoms with Gasteiger partial charge in [0.2, 0.25) is 0 Å². The van der Waals surface area contributed by atoms with Gasteiger partial charge in [0, 0.05) is 17.6 Å². The van der Waals surface area contributed by atoms with E-state index in [0.29, 0.717) is 35.5 Å². The maximum atomic E-state index is 12.4. The van der Waals surface area contributed by atoms with Gasteiger partial charge in [-0.25, -0.2) is 0 Å². The zero-order valence-electron chi connectivity index (χ0n) is 13.0. The molecule has 0 N–H and O–H groups in total. The molecule has 4 nitrogen and oxygen atoms in total. The molecule has 1 amide bonds. The number of morpholine rings is 1. The topological polar surface area (TPSA) is 38.8 Å². The second-order valence-electron chi connectivity index (χ2n) is 5.47. The van der Waals surface area contributed by atoms with E-state index < -0.39 is 0 Å². The molecule has 1 atom stereocenters. The number of benzene rings is 2. The monoisotopic (exact) mass is 365 g/mol. The van der Waals surface area contributed by atoms with Gasteiger partial charge in [0.05, 0.1) is 18.2 Å². The average Bonchev–Trinajstić information content (AvgIpc) is 2.63. The van der Waals surface area contributed by atoms with Crippen LogP contribution >= 0.6 is 23.2 Å². The first kappa shape index (κ1) is 17.1. The summed E-state index contributed by atoms with van der Waals surface area (Å²) in [6.45, 7) is 1.48. The Balaban J connectivity index is 1.59. The predicted octanol–water partition coefficient (Wildman–Crippen LogP) is 3.97. The maximum absolute atomic E-state index is 12.4. The van der Waals surface area contributed by atoms with Crippen molar-refractivity contribution in [2.24, 2.45) is 0 Å². The highest BCUT2D eigenvalue weighted by Gasteiger charge is 2.25. The minimum Gasteiger partial charge on any atom is -0.482 e. The molecule has 1 saturated heterocycles. The van der Waals surface area contributed by atoms with Crippen molar-refractivity contribution in [2.45, 2.75) is 6.10 Å². The molecule has 2 aromatic carbocycles. The molecule has 6 heteroatoms. The van der Waals surface area contributed by atoms with Crippen LogP contribution in [0.4, 0.5) is 0 Å².